The molecule has 0 fully saturated rings. The van der Waals surface area contributed by atoms with Gasteiger partial charge in [-0.1, -0.05) is 19.1 Å². The van der Waals surface area contributed by atoms with Crippen molar-refractivity contribution in [2.24, 2.45) is 11.8 Å². The maximum atomic E-state index is 10.4. The van der Waals surface area contributed by atoms with Crippen LogP contribution in [0, 0.1) is 11.8 Å². The molecule has 2 unspecified atom stereocenters. The molecule has 0 spiro atoms. The molecular weight excluding hydrogens is 152 g/mol. The van der Waals surface area contributed by atoms with Gasteiger partial charge in [-0.25, -0.2) is 0 Å². The van der Waals surface area contributed by atoms with Crippen LogP contribution in [0.2, 0.25) is 0 Å². The minimum Gasteiger partial charge on any atom is -0.481 e. The molecule has 0 amide bonds. The van der Waals surface area contributed by atoms with Crippen LogP contribution >= 0.6 is 0 Å². The van der Waals surface area contributed by atoms with Crippen LogP contribution in [-0.2, 0) is 4.79 Å². The Morgan fingerprint density at radius 1 is 1.67 bits per heavy atom. The second-order valence-corrected chi connectivity index (χ2v) is 3.62. The lowest BCUT2D eigenvalue weighted by atomic mass is 9.82. The third kappa shape index (κ3) is 2.68. The summed E-state index contributed by atoms with van der Waals surface area (Å²) in [4.78, 5) is 10.4. The fourth-order valence-electron chi connectivity index (χ4n) is 1.78. The predicted molar refractivity (Wildman–Crippen MR) is 47.9 cm³/mol. The second kappa shape index (κ2) is 4.29. The van der Waals surface area contributed by atoms with E-state index in [0.717, 1.165) is 19.3 Å². The van der Waals surface area contributed by atoms with Crippen molar-refractivity contribution in [3.63, 3.8) is 0 Å². The van der Waals surface area contributed by atoms with E-state index in [4.69, 9.17) is 5.11 Å². The Labute approximate surface area is 73.3 Å². The van der Waals surface area contributed by atoms with Gasteiger partial charge in [0.05, 0.1) is 0 Å². The smallest absolute Gasteiger partial charge is 0.303 e. The van der Waals surface area contributed by atoms with Gasteiger partial charge in [-0.05, 0) is 31.1 Å². The van der Waals surface area contributed by atoms with Gasteiger partial charge in [0.25, 0.3) is 0 Å². The lowest BCUT2D eigenvalue weighted by Crippen LogP contribution is -2.16. The van der Waals surface area contributed by atoms with E-state index in [1.807, 2.05) is 6.92 Å². The molecule has 0 aliphatic heterocycles. The fraction of sp³-hybridized carbons (Fsp3) is 0.700. The van der Waals surface area contributed by atoms with E-state index in [-0.39, 0.29) is 0 Å². The van der Waals surface area contributed by atoms with Gasteiger partial charge in [-0.2, -0.15) is 0 Å². The standard InChI is InChI=1S/C10H16O2/c1-8(7-10(11)12)9-5-3-2-4-6-9/h2-3,8-9H,4-7H2,1H3,(H,11,12). The molecule has 1 aliphatic rings. The SMILES string of the molecule is CC(CC(=O)O)C1CC=CCC1. The fourth-order valence-corrected chi connectivity index (χ4v) is 1.78. The molecular formula is C10H16O2. The van der Waals surface area contributed by atoms with E-state index in [1.54, 1.807) is 0 Å². The molecule has 0 saturated carbocycles. The molecule has 0 heterocycles. The highest BCUT2D eigenvalue weighted by molar-refractivity contribution is 5.66. The first-order chi connectivity index (χ1) is 5.70. The summed E-state index contributed by atoms with van der Waals surface area (Å²) >= 11 is 0. The van der Waals surface area contributed by atoms with Crippen molar-refractivity contribution in [2.75, 3.05) is 0 Å². The highest BCUT2D eigenvalue weighted by atomic mass is 16.4. The van der Waals surface area contributed by atoms with Crippen molar-refractivity contribution in [2.45, 2.75) is 32.6 Å². The molecule has 1 N–H and O–H groups in total. The van der Waals surface area contributed by atoms with Gasteiger partial charge in [0.1, 0.15) is 0 Å². The second-order valence-electron chi connectivity index (χ2n) is 3.62. The Balaban J connectivity index is 2.35. The van der Waals surface area contributed by atoms with Crippen molar-refractivity contribution in [3.05, 3.63) is 12.2 Å². The molecule has 0 radical (unpaired) electrons. The maximum absolute atomic E-state index is 10.4. The summed E-state index contributed by atoms with van der Waals surface area (Å²) in [6.07, 6.45) is 8.02. The highest BCUT2D eigenvalue weighted by Crippen LogP contribution is 2.27. The molecule has 2 atom stereocenters. The molecule has 0 aromatic heterocycles. The predicted octanol–water partition coefficient (Wildman–Crippen LogP) is 2.45. The average molecular weight is 168 g/mol. The Bertz CT molecular complexity index is 184. The van der Waals surface area contributed by atoms with Gasteiger partial charge < -0.3 is 5.11 Å². The summed E-state index contributed by atoms with van der Waals surface area (Å²) in [6.45, 7) is 2.04. The molecule has 0 aromatic rings. The van der Waals surface area contributed by atoms with Crippen LogP contribution in [0.25, 0.3) is 0 Å². The van der Waals surface area contributed by atoms with Crippen LogP contribution in [0.4, 0.5) is 0 Å². The van der Waals surface area contributed by atoms with Gasteiger partial charge in [-0.15, -0.1) is 0 Å². The molecule has 2 heteroatoms. The number of hydrogen-bond donors (Lipinski definition) is 1. The Hall–Kier alpha value is -0.790. The van der Waals surface area contributed by atoms with Gasteiger partial charge in [-0.3, -0.25) is 4.79 Å². The van der Waals surface area contributed by atoms with Crippen LogP contribution in [0.15, 0.2) is 12.2 Å². The van der Waals surface area contributed by atoms with Crippen LogP contribution in [0.5, 0.6) is 0 Å². The average Bonchev–Trinajstić information content (AvgIpc) is 2.05. The zero-order valence-electron chi connectivity index (χ0n) is 7.49. The largest absolute Gasteiger partial charge is 0.481 e. The van der Waals surface area contributed by atoms with E-state index < -0.39 is 5.97 Å². The third-order valence-electron chi connectivity index (χ3n) is 2.61. The molecule has 68 valence electrons. The van der Waals surface area contributed by atoms with Gasteiger partial charge in [0.15, 0.2) is 0 Å². The minimum absolute atomic E-state index is 0.318. The molecule has 0 bridgehead atoms. The van der Waals surface area contributed by atoms with Crippen LogP contribution < -0.4 is 0 Å². The van der Waals surface area contributed by atoms with Crippen LogP contribution in [-0.4, -0.2) is 11.1 Å². The van der Waals surface area contributed by atoms with Gasteiger partial charge >= 0.3 is 5.97 Å². The quantitative estimate of drug-likeness (QED) is 0.657. The van der Waals surface area contributed by atoms with Gasteiger partial charge in [0, 0.05) is 6.42 Å². The van der Waals surface area contributed by atoms with Crippen molar-refractivity contribution < 1.29 is 9.90 Å². The van der Waals surface area contributed by atoms with Crippen molar-refractivity contribution in [1.29, 1.82) is 0 Å². The molecule has 2 nitrogen and oxygen atoms in total. The number of rotatable bonds is 3. The zero-order chi connectivity index (χ0) is 8.97. The summed E-state index contributed by atoms with van der Waals surface area (Å²) < 4.78 is 0. The maximum Gasteiger partial charge on any atom is 0.303 e. The lowest BCUT2D eigenvalue weighted by molar-refractivity contribution is -0.138. The number of carbonyl (C=O) groups is 1. The van der Waals surface area contributed by atoms with E-state index in [2.05, 4.69) is 12.2 Å². The summed E-state index contributed by atoms with van der Waals surface area (Å²) in [5, 5.41) is 8.60. The Morgan fingerprint density at radius 3 is 2.92 bits per heavy atom. The van der Waals surface area contributed by atoms with Crippen LogP contribution in [0.1, 0.15) is 32.6 Å². The van der Waals surface area contributed by atoms with E-state index >= 15 is 0 Å². The molecule has 12 heavy (non-hydrogen) atoms. The van der Waals surface area contributed by atoms with Gasteiger partial charge in [0.2, 0.25) is 0 Å². The molecule has 0 saturated heterocycles. The first-order valence-corrected chi connectivity index (χ1v) is 4.57. The minimum atomic E-state index is -0.669. The number of allylic oxidation sites excluding steroid dienone is 2. The highest BCUT2D eigenvalue weighted by Gasteiger charge is 2.19. The molecule has 0 aromatic carbocycles. The third-order valence-corrected chi connectivity index (χ3v) is 2.61. The number of carboxylic acids is 1. The summed E-state index contributed by atoms with van der Waals surface area (Å²) in [7, 11) is 0. The molecule has 1 aliphatic carbocycles. The van der Waals surface area contributed by atoms with Crippen molar-refractivity contribution >= 4 is 5.97 Å². The van der Waals surface area contributed by atoms with Crippen molar-refractivity contribution in [3.8, 4) is 0 Å². The Kier molecular flexibility index (Phi) is 3.32. The zero-order valence-corrected chi connectivity index (χ0v) is 7.49. The summed E-state index contributed by atoms with van der Waals surface area (Å²) in [5.74, 6) is 0.246. The first-order valence-electron chi connectivity index (χ1n) is 4.57. The number of carboxylic acid groups (broad SMARTS) is 1. The summed E-state index contributed by atoms with van der Waals surface area (Å²) in [6, 6.07) is 0. The topological polar surface area (TPSA) is 37.3 Å². The lowest BCUT2D eigenvalue weighted by Gasteiger charge is -2.23. The number of hydrogen-bond acceptors (Lipinski definition) is 1. The van der Waals surface area contributed by atoms with Crippen LogP contribution in [0.3, 0.4) is 0 Å². The number of aliphatic carboxylic acids is 1. The Morgan fingerprint density at radius 2 is 2.42 bits per heavy atom. The molecule has 1 rings (SSSR count). The summed E-state index contributed by atoms with van der Waals surface area (Å²) in [5.41, 5.74) is 0. The van der Waals surface area contributed by atoms with E-state index in [0.29, 0.717) is 18.3 Å². The van der Waals surface area contributed by atoms with E-state index in [1.165, 1.54) is 0 Å². The normalized spacial score (nSPS) is 25.2. The van der Waals surface area contributed by atoms with E-state index in [9.17, 15) is 4.79 Å². The first kappa shape index (κ1) is 9.30. The monoisotopic (exact) mass is 168 g/mol. The van der Waals surface area contributed by atoms with Crippen molar-refractivity contribution in [1.82, 2.24) is 0 Å².